The zero-order valence-corrected chi connectivity index (χ0v) is 11.1. The van der Waals surface area contributed by atoms with E-state index in [2.05, 4.69) is 5.32 Å². The van der Waals surface area contributed by atoms with Crippen molar-refractivity contribution in [1.82, 2.24) is 0 Å². The van der Waals surface area contributed by atoms with Gasteiger partial charge in [0.05, 0.1) is 10.0 Å². The molecule has 6 heteroatoms. The summed E-state index contributed by atoms with van der Waals surface area (Å²) in [5.41, 5.74) is 5.63. The van der Waals surface area contributed by atoms with Gasteiger partial charge in [0.15, 0.2) is 0 Å². The predicted molar refractivity (Wildman–Crippen MR) is 69.7 cm³/mol. The summed E-state index contributed by atoms with van der Waals surface area (Å²) in [6, 6.07) is 4.76. The van der Waals surface area contributed by atoms with Gasteiger partial charge in [-0.2, -0.15) is 0 Å². The van der Waals surface area contributed by atoms with Crippen LogP contribution < -0.4 is 11.1 Å². The molecule has 0 unspecified atom stereocenters. The lowest BCUT2D eigenvalue weighted by molar-refractivity contribution is 0.138. The number of carbonyl (C=O) groups excluding carboxylic acids is 1. The zero-order chi connectivity index (χ0) is 13.1. The fraction of sp³-hybridized carbons (Fsp3) is 0.364. The van der Waals surface area contributed by atoms with Crippen LogP contribution in [0.3, 0.4) is 0 Å². The lowest BCUT2D eigenvalue weighted by Gasteiger charge is -2.18. The number of benzene rings is 1. The minimum Gasteiger partial charge on any atom is -0.447 e. The molecular formula is C11H14Cl2N2O2. The van der Waals surface area contributed by atoms with E-state index in [1.54, 1.807) is 32.0 Å². The SMILES string of the molecule is CC(C)(N)COC(=O)Nc1ccc(Cl)c(Cl)c1. The molecule has 0 aliphatic heterocycles. The molecule has 4 nitrogen and oxygen atoms in total. The third-order valence-electron chi connectivity index (χ3n) is 1.74. The number of amides is 1. The fourth-order valence-corrected chi connectivity index (χ4v) is 1.28. The highest BCUT2D eigenvalue weighted by atomic mass is 35.5. The Labute approximate surface area is 110 Å². The molecule has 17 heavy (non-hydrogen) atoms. The van der Waals surface area contributed by atoms with Gasteiger partial charge in [-0.25, -0.2) is 4.79 Å². The van der Waals surface area contributed by atoms with Gasteiger partial charge in [0.1, 0.15) is 6.61 Å². The number of ether oxygens (including phenoxy) is 1. The monoisotopic (exact) mass is 276 g/mol. The van der Waals surface area contributed by atoms with Crippen molar-refractivity contribution in [2.75, 3.05) is 11.9 Å². The molecule has 1 rings (SSSR count). The van der Waals surface area contributed by atoms with Crippen molar-refractivity contribution in [1.29, 1.82) is 0 Å². The van der Waals surface area contributed by atoms with E-state index in [0.29, 0.717) is 15.7 Å². The third kappa shape index (κ3) is 5.26. The van der Waals surface area contributed by atoms with Crippen LogP contribution in [0.15, 0.2) is 18.2 Å². The minimum absolute atomic E-state index is 0.125. The highest BCUT2D eigenvalue weighted by Crippen LogP contribution is 2.25. The molecule has 94 valence electrons. The summed E-state index contributed by atoms with van der Waals surface area (Å²) in [6.07, 6.45) is -0.582. The molecule has 0 atom stereocenters. The molecule has 1 aromatic rings. The molecule has 0 saturated heterocycles. The summed E-state index contributed by atoms with van der Waals surface area (Å²) in [4.78, 5) is 11.4. The van der Waals surface area contributed by atoms with Gasteiger partial charge in [-0.3, -0.25) is 5.32 Å². The van der Waals surface area contributed by atoms with Gasteiger partial charge in [-0.15, -0.1) is 0 Å². The Morgan fingerprint density at radius 1 is 1.41 bits per heavy atom. The molecule has 0 aromatic heterocycles. The predicted octanol–water partition coefficient (Wildman–Crippen LogP) is 3.28. The summed E-state index contributed by atoms with van der Waals surface area (Å²) in [5.74, 6) is 0. The molecule has 0 saturated carbocycles. The second kappa shape index (κ2) is 5.58. The number of nitrogens with two attached hydrogens (primary N) is 1. The van der Waals surface area contributed by atoms with Gasteiger partial charge in [-0.1, -0.05) is 23.2 Å². The first-order valence-corrected chi connectivity index (χ1v) is 5.71. The average molecular weight is 277 g/mol. The molecule has 1 aromatic carbocycles. The first-order chi connectivity index (χ1) is 7.78. The molecule has 0 aliphatic carbocycles. The molecule has 0 fully saturated rings. The molecule has 0 spiro atoms. The van der Waals surface area contributed by atoms with E-state index in [4.69, 9.17) is 33.7 Å². The topological polar surface area (TPSA) is 64.3 Å². The van der Waals surface area contributed by atoms with E-state index in [1.165, 1.54) is 0 Å². The number of hydrogen-bond donors (Lipinski definition) is 2. The van der Waals surface area contributed by atoms with Crippen LogP contribution >= 0.6 is 23.2 Å². The van der Waals surface area contributed by atoms with Gasteiger partial charge in [-0.05, 0) is 32.0 Å². The number of anilines is 1. The summed E-state index contributed by atoms with van der Waals surface area (Å²) < 4.78 is 4.93. The highest BCUT2D eigenvalue weighted by molar-refractivity contribution is 6.42. The second-order valence-electron chi connectivity index (χ2n) is 4.32. The molecule has 0 bridgehead atoms. The first kappa shape index (κ1) is 14.1. The van der Waals surface area contributed by atoms with Crippen LogP contribution in [0.4, 0.5) is 10.5 Å². The van der Waals surface area contributed by atoms with E-state index < -0.39 is 11.6 Å². The van der Waals surface area contributed by atoms with Gasteiger partial charge < -0.3 is 10.5 Å². The maximum absolute atomic E-state index is 11.4. The van der Waals surface area contributed by atoms with Crippen LogP contribution in [-0.2, 0) is 4.74 Å². The van der Waals surface area contributed by atoms with Crippen molar-refractivity contribution in [3.05, 3.63) is 28.2 Å². The number of hydrogen-bond acceptors (Lipinski definition) is 3. The Morgan fingerprint density at radius 3 is 2.59 bits per heavy atom. The molecule has 1 amide bonds. The van der Waals surface area contributed by atoms with Crippen molar-refractivity contribution in [2.45, 2.75) is 19.4 Å². The lowest BCUT2D eigenvalue weighted by Crippen LogP contribution is -2.38. The van der Waals surface area contributed by atoms with Gasteiger partial charge >= 0.3 is 6.09 Å². The van der Waals surface area contributed by atoms with Gasteiger partial charge in [0.25, 0.3) is 0 Å². The van der Waals surface area contributed by atoms with Crippen LogP contribution in [-0.4, -0.2) is 18.2 Å². The van der Waals surface area contributed by atoms with Crippen molar-refractivity contribution in [3.63, 3.8) is 0 Å². The van der Waals surface area contributed by atoms with Gasteiger partial charge in [0.2, 0.25) is 0 Å². The first-order valence-electron chi connectivity index (χ1n) is 4.96. The Kier molecular flexibility index (Phi) is 4.62. The van der Waals surface area contributed by atoms with Crippen molar-refractivity contribution in [2.24, 2.45) is 5.73 Å². The normalized spacial score (nSPS) is 11.1. The zero-order valence-electron chi connectivity index (χ0n) is 9.59. The quantitative estimate of drug-likeness (QED) is 0.891. The number of rotatable bonds is 3. The molecule has 3 N–H and O–H groups in total. The Morgan fingerprint density at radius 2 is 2.06 bits per heavy atom. The van der Waals surface area contributed by atoms with Crippen LogP contribution in [0.25, 0.3) is 0 Å². The van der Waals surface area contributed by atoms with E-state index >= 15 is 0 Å². The standard InChI is InChI=1S/C11H14Cl2N2O2/c1-11(2,14)6-17-10(16)15-7-3-4-8(12)9(13)5-7/h3-5H,6,14H2,1-2H3,(H,15,16). The van der Waals surface area contributed by atoms with Crippen molar-refractivity contribution in [3.8, 4) is 0 Å². The third-order valence-corrected chi connectivity index (χ3v) is 2.48. The van der Waals surface area contributed by atoms with E-state index in [9.17, 15) is 4.79 Å². The largest absolute Gasteiger partial charge is 0.447 e. The Balaban J connectivity index is 2.54. The maximum atomic E-state index is 11.4. The smallest absolute Gasteiger partial charge is 0.411 e. The van der Waals surface area contributed by atoms with E-state index in [0.717, 1.165) is 0 Å². The van der Waals surface area contributed by atoms with Crippen molar-refractivity contribution >= 4 is 35.0 Å². The highest BCUT2D eigenvalue weighted by Gasteiger charge is 2.14. The van der Waals surface area contributed by atoms with E-state index in [-0.39, 0.29) is 6.61 Å². The van der Waals surface area contributed by atoms with Crippen LogP contribution in [0.2, 0.25) is 10.0 Å². The fourth-order valence-electron chi connectivity index (χ4n) is 0.979. The lowest BCUT2D eigenvalue weighted by atomic mass is 10.1. The minimum atomic E-state index is -0.582. The second-order valence-corrected chi connectivity index (χ2v) is 5.13. The van der Waals surface area contributed by atoms with Gasteiger partial charge in [0, 0.05) is 11.2 Å². The summed E-state index contributed by atoms with van der Waals surface area (Å²) in [5, 5.41) is 3.31. The Bertz CT molecular complexity index is 416. The summed E-state index contributed by atoms with van der Waals surface area (Å²) in [7, 11) is 0. The number of carbonyl (C=O) groups is 1. The number of halogens is 2. The van der Waals surface area contributed by atoms with Crippen LogP contribution in [0, 0.1) is 0 Å². The van der Waals surface area contributed by atoms with E-state index in [1.807, 2.05) is 0 Å². The maximum Gasteiger partial charge on any atom is 0.411 e. The summed E-state index contributed by atoms with van der Waals surface area (Å²) in [6.45, 7) is 3.65. The van der Waals surface area contributed by atoms with Crippen molar-refractivity contribution < 1.29 is 9.53 Å². The molecule has 0 radical (unpaired) electrons. The molecular weight excluding hydrogens is 263 g/mol. The molecule has 0 aliphatic rings. The molecule has 0 heterocycles. The number of nitrogens with one attached hydrogen (secondary N) is 1. The van der Waals surface area contributed by atoms with Crippen LogP contribution in [0.1, 0.15) is 13.8 Å². The summed E-state index contributed by atoms with van der Waals surface area (Å²) >= 11 is 11.5. The Hall–Kier alpha value is -0.970. The average Bonchev–Trinajstić information content (AvgIpc) is 2.20. The van der Waals surface area contributed by atoms with Crippen LogP contribution in [0.5, 0.6) is 0 Å².